The summed E-state index contributed by atoms with van der Waals surface area (Å²) >= 11 is 2.27. The molecule has 4 heteroatoms. The van der Waals surface area contributed by atoms with Crippen LogP contribution < -0.4 is 0 Å². The molecule has 4 rings (SSSR count). The van der Waals surface area contributed by atoms with E-state index in [4.69, 9.17) is 0 Å². The number of rotatable bonds is 2. The van der Waals surface area contributed by atoms with Gasteiger partial charge in [0.25, 0.3) is 0 Å². The van der Waals surface area contributed by atoms with Crippen molar-refractivity contribution >= 4 is 31.0 Å². The molecular weight excluding hydrogens is 435 g/mol. The summed E-state index contributed by atoms with van der Waals surface area (Å²) in [7, 11) is 0. The predicted octanol–water partition coefficient (Wildman–Crippen LogP) is 7.86. The minimum Gasteiger partial charge on any atom is -0.147 e. The third-order valence-electron chi connectivity index (χ3n) is 5.85. The Bertz CT molecular complexity index is 569. The zero-order valence-electron chi connectivity index (χ0n) is 18.0. The van der Waals surface area contributed by atoms with Crippen molar-refractivity contribution in [1.29, 1.82) is 0 Å². The van der Waals surface area contributed by atoms with Crippen LogP contribution in [0.15, 0.2) is 41.5 Å². The Morgan fingerprint density at radius 3 is 2.32 bits per heavy atom. The molecule has 2 saturated carbocycles. The van der Waals surface area contributed by atoms with Crippen LogP contribution in [0.25, 0.3) is 0 Å². The first-order valence-electron chi connectivity index (χ1n) is 10.6. The van der Waals surface area contributed by atoms with Crippen molar-refractivity contribution in [3.05, 3.63) is 54.0 Å². The van der Waals surface area contributed by atoms with Gasteiger partial charge in [-0.15, -0.1) is 43.2 Å². The number of halogens is 2. The molecule has 0 aromatic heterocycles. The fraction of sp³-hybridized carbons (Fsp3) is 0.625. The number of hydrogen-bond acceptors (Lipinski definition) is 0. The second kappa shape index (κ2) is 15.3. The molecule has 0 amide bonds. The van der Waals surface area contributed by atoms with Crippen LogP contribution >= 0.6 is 24.8 Å². The topological polar surface area (TPSA) is 0 Å². The third-order valence-corrected chi connectivity index (χ3v) is 5.85. The fourth-order valence-corrected chi connectivity index (χ4v) is 4.70. The first kappa shape index (κ1) is 28.5. The van der Waals surface area contributed by atoms with E-state index in [1.54, 1.807) is 0 Å². The summed E-state index contributed by atoms with van der Waals surface area (Å²) in [6.45, 7) is 8.93. The van der Waals surface area contributed by atoms with Crippen LogP contribution in [0.5, 0.6) is 0 Å². The molecule has 4 aliphatic rings. The van der Waals surface area contributed by atoms with Gasteiger partial charge in [0, 0.05) is 0 Å². The second-order valence-electron chi connectivity index (χ2n) is 8.03. The van der Waals surface area contributed by atoms with Gasteiger partial charge < -0.3 is 6.42 Å². The SMILES string of the molecule is C1=CC2[CH-]C3CCCCC3C2C=C1.CCC1=[C-]CC=C1CC.C[Si](C)=[Ti+2].Cl.Cl. The van der Waals surface area contributed by atoms with E-state index in [9.17, 15) is 0 Å². The molecule has 0 aromatic rings. The van der Waals surface area contributed by atoms with Gasteiger partial charge in [0.2, 0.25) is 0 Å². The van der Waals surface area contributed by atoms with Gasteiger partial charge in [-0.1, -0.05) is 76.5 Å². The van der Waals surface area contributed by atoms with Crippen molar-refractivity contribution in [2.24, 2.45) is 23.7 Å². The van der Waals surface area contributed by atoms with E-state index in [1.165, 1.54) is 43.3 Å². The molecule has 28 heavy (non-hydrogen) atoms. The maximum atomic E-state index is 3.33. The van der Waals surface area contributed by atoms with Gasteiger partial charge in [-0.2, -0.15) is 17.6 Å². The smallest absolute Gasteiger partial charge is 0.147 e. The van der Waals surface area contributed by atoms with Crippen LogP contribution in [0.1, 0.15) is 58.8 Å². The third kappa shape index (κ3) is 8.68. The molecule has 0 N–H and O–H groups in total. The Kier molecular flexibility index (Phi) is 15.6. The number of allylic oxidation sites excluding steroid dienone is 8. The molecule has 0 saturated heterocycles. The maximum Gasteiger partial charge on any atom is -0.147 e. The standard InChI is InChI=1S/C13H17.C9H13.C2H6Si.2ClH.Ti/c1-3-7-12-10(5-1)9-11-6-2-4-8-13(11)12;1-3-8-6-5-7-9(8)4-2;1-3-2;;;/h1,3,5,7,9-13H,2,4,6,8H2;6H,3-5H2,1-2H3;1-2H3;2*1H;/q2*-1;;;;+2. The van der Waals surface area contributed by atoms with Gasteiger partial charge >= 0.3 is 38.5 Å². The van der Waals surface area contributed by atoms with Crippen molar-refractivity contribution < 1.29 is 19.2 Å². The molecule has 0 aliphatic heterocycles. The first-order chi connectivity index (χ1) is 12.6. The molecule has 0 spiro atoms. The predicted molar refractivity (Wildman–Crippen MR) is 127 cm³/mol. The molecular formula is C24H38Cl2SiTi. The summed E-state index contributed by atoms with van der Waals surface area (Å²) in [6, 6.07) is 0. The van der Waals surface area contributed by atoms with Gasteiger partial charge in [-0.05, 0) is 5.92 Å². The largest absolute Gasteiger partial charge is 0.147 e. The van der Waals surface area contributed by atoms with Gasteiger partial charge in [0.15, 0.2) is 0 Å². The van der Waals surface area contributed by atoms with Crippen molar-refractivity contribution in [2.45, 2.75) is 71.9 Å². The molecule has 0 radical (unpaired) electrons. The van der Waals surface area contributed by atoms with Gasteiger partial charge in [0.1, 0.15) is 0 Å². The Morgan fingerprint density at radius 1 is 1.07 bits per heavy atom. The van der Waals surface area contributed by atoms with Crippen LogP contribution in [-0.2, 0) is 19.2 Å². The average molecular weight is 473 g/mol. The van der Waals surface area contributed by atoms with E-state index in [0.717, 1.165) is 36.5 Å². The molecule has 4 unspecified atom stereocenters. The minimum atomic E-state index is 0. The maximum absolute atomic E-state index is 3.33. The van der Waals surface area contributed by atoms with E-state index in [-0.39, 0.29) is 31.0 Å². The zero-order valence-corrected chi connectivity index (χ0v) is 22.2. The second-order valence-corrected chi connectivity index (χ2v) is 14.7. The van der Waals surface area contributed by atoms with Gasteiger partial charge in [-0.3, -0.25) is 6.08 Å². The Hall–Kier alpha value is 0.471. The van der Waals surface area contributed by atoms with Crippen LogP contribution in [0.2, 0.25) is 13.1 Å². The van der Waals surface area contributed by atoms with Crippen LogP contribution in [-0.4, -0.2) is 6.19 Å². The monoisotopic (exact) mass is 472 g/mol. The zero-order chi connectivity index (χ0) is 18.9. The van der Waals surface area contributed by atoms with E-state index >= 15 is 0 Å². The molecule has 156 valence electrons. The van der Waals surface area contributed by atoms with Gasteiger partial charge in [0.05, 0.1) is 0 Å². The average Bonchev–Trinajstić information content (AvgIpc) is 3.25. The van der Waals surface area contributed by atoms with Crippen molar-refractivity contribution in [1.82, 2.24) is 0 Å². The molecule has 0 heterocycles. The summed E-state index contributed by atoms with van der Waals surface area (Å²) in [5, 5.41) is 0. The van der Waals surface area contributed by atoms with Gasteiger partial charge in [-0.25, -0.2) is 5.57 Å². The van der Waals surface area contributed by atoms with Crippen LogP contribution in [0.3, 0.4) is 0 Å². The summed E-state index contributed by atoms with van der Waals surface area (Å²) < 4.78 is 0. The summed E-state index contributed by atoms with van der Waals surface area (Å²) in [6.07, 6.45) is 26.9. The normalized spacial score (nSPS) is 28.6. The molecule has 0 aromatic carbocycles. The molecule has 4 aliphatic carbocycles. The molecule has 0 nitrogen and oxygen atoms in total. The van der Waals surface area contributed by atoms with Crippen molar-refractivity contribution in [2.75, 3.05) is 0 Å². The fourth-order valence-electron chi connectivity index (χ4n) is 4.70. The number of fused-ring (bicyclic) bond motifs is 3. The minimum absolute atomic E-state index is 0. The van der Waals surface area contributed by atoms with Crippen LogP contribution in [0, 0.1) is 36.2 Å². The molecule has 4 atom stereocenters. The Morgan fingerprint density at radius 2 is 1.71 bits per heavy atom. The Balaban J connectivity index is 0.000000432. The van der Waals surface area contributed by atoms with Crippen LogP contribution in [0.4, 0.5) is 0 Å². The quantitative estimate of drug-likeness (QED) is 0.283. The molecule has 0 bridgehead atoms. The van der Waals surface area contributed by atoms with E-state index in [0.29, 0.717) is 0 Å². The van der Waals surface area contributed by atoms with Crippen molar-refractivity contribution in [3.63, 3.8) is 0 Å². The van der Waals surface area contributed by atoms with Crippen molar-refractivity contribution in [3.8, 4) is 0 Å². The molecule has 2 fully saturated rings. The first-order valence-corrected chi connectivity index (χ1v) is 15.4. The number of hydrogen-bond donors (Lipinski definition) is 0. The van der Waals surface area contributed by atoms with E-state index < -0.39 is 0 Å². The summed E-state index contributed by atoms with van der Waals surface area (Å²) in [5.41, 5.74) is 2.95. The van der Waals surface area contributed by atoms with E-state index in [2.05, 4.69) is 89.0 Å². The summed E-state index contributed by atoms with van der Waals surface area (Å²) in [5.74, 6) is 3.56. The Labute approximate surface area is 198 Å². The van der Waals surface area contributed by atoms with E-state index in [1.807, 2.05) is 0 Å². The summed E-state index contributed by atoms with van der Waals surface area (Å²) in [4.78, 5) is 0.